The summed E-state index contributed by atoms with van der Waals surface area (Å²) >= 11 is 5.87. The first-order chi connectivity index (χ1) is 10.5. The van der Waals surface area contributed by atoms with Gasteiger partial charge < -0.3 is 0 Å². The highest BCUT2D eigenvalue weighted by atomic mass is 35.5. The van der Waals surface area contributed by atoms with Crippen LogP contribution in [0, 0.1) is 15.9 Å². The van der Waals surface area contributed by atoms with Crippen LogP contribution in [0.1, 0.15) is 15.9 Å². The van der Waals surface area contributed by atoms with Crippen molar-refractivity contribution < 1.29 is 14.1 Å². The van der Waals surface area contributed by atoms with E-state index in [1.807, 2.05) is 0 Å². The van der Waals surface area contributed by atoms with Crippen molar-refractivity contribution in [3.63, 3.8) is 0 Å². The van der Waals surface area contributed by atoms with E-state index < -0.39 is 23.1 Å². The zero-order valence-electron chi connectivity index (χ0n) is 11.2. The molecule has 0 amide bonds. The Morgan fingerprint density at radius 1 is 1.27 bits per heavy atom. The zero-order chi connectivity index (χ0) is 16.1. The van der Waals surface area contributed by atoms with Crippen LogP contribution in [0.2, 0.25) is 5.02 Å². The fourth-order valence-corrected chi connectivity index (χ4v) is 1.97. The molecule has 5 nitrogen and oxygen atoms in total. The Balaban J connectivity index is 2.43. The highest BCUT2D eigenvalue weighted by Crippen LogP contribution is 2.26. The minimum absolute atomic E-state index is 0.0807. The van der Waals surface area contributed by atoms with Gasteiger partial charge in [-0.1, -0.05) is 23.7 Å². The van der Waals surface area contributed by atoms with Gasteiger partial charge in [0, 0.05) is 15.5 Å². The lowest BCUT2D eigenvalue weighted by Gasteiger charge is -2.06. The van der Waals surface area contributed by atoms with E-state index in [9.17, 15) is 19.3 Å². The molecule has 0 bridgehead atoms. The summed E-state index contributed by atoms with van der Waals surface area (Å²) in [6.45, 7) is -0.476. The Hall–Kier alpha value is -2.60. The molecule has 2 aromatic carbocycles. The average Bonchev–Trinajstić information content (AvgIpc) is 2.48. The van der Waals surface area contributed by atoms with Crippen molar-refractivity contribution in [2.45, 2.75) is 0 Å². The summed E-state index contributed by atoms with van der Waals surface area (Å²) < 4.78 is 13.7. The summed E-state index contributed by atoms with van der Waals surface area (Å²) in [4.78, 5) is 26.1. The molecule has 0 aliphatic heterocycles. The predicted molar refractivity (Wildman–Crippen MR) is 81.3 cm³/mol. The molecule has 22 heavy (non-hydrogen) atoms. The van der Waals surface area contributed by atoms with Gasteiger partial charge in [0.25, 0.3) is 0 Å². The van der Waals surface area contributed by atoms with Gasteiger partial charge in [0.05, 0.1) is 17.5 Å². The second-order valence-electron chi connectivity index (χ2n) is 4.30. The molecule has 0 N–H and O–H groups in total. The topological polar surface area (TPSA) is 72.6 Å². The van der Waals surface area contributed by atoms with Gasteiger partial charge in [0.15, 0.2) is 5.78 Å². The summed E-state index contributed by atoms with van der Waals surface area (Å²) in [6.07, 6.45) is 1.07. The fourth-order valence-electron chi connectivity index (χ4n) is 1.80. The molecular weight excluding hydrogens is 311 g/mol. The molecule has 2 rings (SSSR count). The first kappa shape index (κ1) is 15.8. The largest absolute Gasteiger partial charge is 0.288 e. The molecule has 0 aliphatic carbocycles. The molecule has 7 heteroatoms. The van der Waals surface area contributed by atoms with Gasteiger partial charge in [-0.3, -0.25) is 19.9 Å². The van der Waals surface area contributed by atoms with E-state index in [1.165, 1.54) is 42.5 Å². The third kappa shape index (κ3) is 3.73. The van der Waals surface area contributed by atoms with Crippen molar-refractivity contribution in [1.82, 2.24) is 0 Å². The summed E-state index contributed by atoms with van der Waals surface area (Å²) in [5.74, 6) is -1.25. The molecular formula is C15H10ClFN2O3. The molecule has 112 valence electrons. The normalized spacial score (nSPS) is 10.8. The first-order valence-corrected chi connectivity index (χ1v) is 6.60. The van der Waals surface area contributed by atoms with Crippen LogP contribution in [-0.4, -0.2) is 23.5 Å². The van der Waals surface area contributed by atoms with Gasteiger partial charge in [-0.2, -0.15) is 0 Å². The number of carbonyl (C=O) groups is 1. The van der Waals surface area contributed by atoms with Crippen LogP contribution in [0.4, 0.5) is 10.1 Å². The smallest absolute Gasteiger partial charge is 0.238 e. The molecule has 0 fully saturated rings. The lowest BCUT2D eigenvalue weighted by atomic mass is 10.0. The number of hydrogen-bond donors (Lipinski definition) is 0. The Bertz CT molecular complexity index is 762. The SMILES string of the molecule is O=C(c1ccccc1F)c1cc(Cl)ccc1N=CC[N+](=O)[O-]. The Morgan fingerprint density at radius 3 is 2.68 bits per heavy atom. The van der Waals surface area contributed by atoms with E-state index in [0.717, 1.165) is 6.21 Å². The fraction of sp³-hybridized carbons (Fsp3) is 0.0667. The van der Waals surface area contributed by atoms with Crippen LogP contribution in [0.5, 0.6) is 0 Å². The van der Waals surface area contributed by atoms with Crippen LogP contribution in [0.25, 0.3) is 0 Å². The maximum atomic E-state index is 13.7. The predicted octanol–water partition coefficient (Wildman–Crippen LogP) is 3.69. The van der Waals surface area contributed by atoms with E-state index in [-0.39, 0.29) is 21.8 Å². The molecule has 0 spiro atoms. The number of ketones is 1. The summed E-state index contributed by atoms with van der Waals surface area (Å²) in [5.41, 5.74) is 0.159. The number of nitrogens with zero attached hydrogens (tertiary/aromatic N) is 2. The molecule has 0 unspecified atom stereocenters. The van der Waals surface area contributed by atoms with E-state index >= 15 is 0 Å². The highest BCUT2D eigenvalue weighted by Gasteiger charge is 2.17. The maximum absolute atomic E-state index is 13.7. The first-order valence-electron chi connectivity index (χ1n) is 6.22. The van der Waals surface area contributed by atoms with Crippen LogP contribution in [-0.2, 0) is 0 Å². The van der Waals surface area contributed by atoms with Crippen molar-refractivity contribution in [2.24, 2.45) is 4.99 Å². The van der Waals surface area contributed by atoms with E-state index in [4.69, 9.17) is 11.6 Å². The minimum Gasteiger partial charge on any atom is -0.288 e. The number of nitro groups is 1. The van der Waals surface area contributed by atoms with Gasteiger partial charge in [0.1, 0.15) is 5.82 Å². The lowest BCUT2D eigenvalue weighted by Crippen LogP contribution is -2.05. The van der Waals surface area contributed by atoms with Crippen molar-refractivity contribution in [2.75, 3.05) is 6.54 Å². The van der Waals surface area contributed by atoms with E-state index in [1.54, 1.807) is 0 Å². The maximum Gasteiger partial charge on any atom is 0.238 e. The third-order valence-electron chi connectivity index (χ3n) is 2.78. The van der Waals surface area contributed by atoms with Crippen LogP contribution >= 0.6 is 11.6 Å². The number of rotatable bonds is 5. The van der Waals surface area contributed by atoms with Crippen molar-refractivity contribution in [3.8, 4) is 0 Å². The number of halogens is 2. The number of hydrogen-bond acceptors (Lipinski definition) is 4. The second kappa shape index (κ2) is 6.91. The Kier molecular flexibility index (Phi) is 4.95. The molecule has 0 aliphatic rings. The van der Waals surface area contributed by atoms with Crippen LogP contribution < -0.4 is 0 Å². The molecule has 0 atom stereocenters. The summed E-state index contributed by atoms with van der Waals surface area (Å²) in [7, 11) is 0. The quantitative estimate of drug-likeness (QED) is 0.365. The number of benzene rings is 2. The van der Waals surface area contributed by atoms with E-state index in [0.29, 0.717) is 0 Å². The van der Waals surface area contributed by atoms with Gasteiger partial charge in [-0.25, -0.2) is 4.39 Å². The Morgan fingerprint density at radius 2 is 2.00 bits per heavy atom. The molecule has 0 saturated carbocycles. The van der Waals surface area contributed by atoms with Gasteiger partial charge in [0.2, 0.25) is 6.54 Å². The van der Waals surface area contributed by atoms with Crippen LogP contribution in [0.15, 0.2) is 47.5 Å². The molecule has 0 radical (unpaired) electrons. The average molecular weight is 321 g/mol. The van der Waals surface area contributed by atoms with E-state index in [2.05, 4.69) is 4.99 Å². The summed E-state index contributed by atoms with van der Waals surface area (Å²) in [6, 6.07) is 9.84. The molecule has 2 aromatic rings. The van der Waals surface area contributed by atoms with Crippen LogP contribution in [0.3, 0.4) is 0 Å². The third-order valence-corrected chi connectivity index (χ3v) is 3.02. The Labute approximate surface area is 130 Å². The second-order valence-corrected chi connectivity index (χ2v) is 4.73. The van der Waals surface area contributed by atoms with Crippen molar-refractivity contribution in [3.05, 3.63) is 74.5 Å². The molecule has 0 saturated heterocycles. The summed E-state index contributed by atoms with van der Waals surface area (Å²) in [5, 5.41) is 10.6. The zero-order valence-corrected chi connectivity index (χ0v) is 12.0. The molecule has 0 aromatic heterocycles. The number of aliphatic imine (C=N–C) groups is 1. The highest BCUT2D eigenvalue weighted by molar-refractivity contribution is 6.31. The van der Waals surface area contributed by atoms with Gasteiger partial charge >= 0.3 is 0 Å². The van der Waals surface area contributed by atoms with Crippen molar-refractivity contribution in [1.29, 1.82) is 0 Å². The minimum atomic E-state index is -0.660. The standard InChI is InChI=1S/C15H10ClFN2O3/c16-10-5-6-14(18-7-8-19(21)22)12(9-10)15(20)11-3-1-2-4-13(11)17/h1-7,9H,8H2. The molecule has 0 heterocycles. The van der Waals surface area contributed by atoms with Crippen molar-refractivity contribution >= 4 is 29.3 Å². The monoisotopic (exact) mass is 320 g/mol. The van der Waals surface area contributed by atoms with Gasteiger partial charge in [-0.15, -0.1) is 0 Å². The number of carbonyl (C=O) groups excluding carboxylic acids is 1. The van der Waals surface area contributed by atoms with Gasteiger partial charge in [-0.05, 0) is 30.3 Å². The lowest BCUT2D eigenvalue weighted by molar-refractivity contribution is -0.462.